The maximum absolute atomic E-state index is 12.3. The molecule has 1 aromatic carbocycles. The fraction of sp³-hybridized carbons (Fsp3) is 0.444. The Morgan fingerprint density at radius 3 is 2.54 bits per heavy atom. The molecule has 1 aromatic heterocycles. The van der Waals surface area contributed by atoms with E-state index < -0.39 is 0 Å². The number of carbonyl (C=O) groups excluding carboxylic acids is 1. The summed E-state index contributed by atoms with van der Waals surface area (Å²) < 4.78 is 11.3. The predicted molar refractivity (Wildman–Crippen MR) is 94.4 cm³/mol. The highest BCUT2D eigenvalue weighted by molar-refractivity contribution is 7.13. The quantitative estimate of drug-likeness (QED) is 0.853. The number of ether oxygens (including phenoxy) is 2. The number of benzene rings is 1. The van der Waals surface area contributed by atoms with Gasteiger partial charge in [0, 0.05) is 29.7 Å². The van der Waals surface area contributed by atoms with Gasteiger partial charge in [-0.05, 0) is 45.0 Å². The SMILES string of the molecule is Cc1csc(-c2ccc(OCC(=O)N3C[C@H](C)O[C@@H](C)C3)cc2)n1. The monoisotopic (exact) mass is 346 g/mol. The van der Waals surface area contributed by atoms with Crippen LogP contribution in [-0.2, 0) is 9.53 Å². The number of aromatic nitrogens is 1. The summed E-state index contributed by atoms with van der Waals surface area (Å²) in [5, 5.41) is 3.02. The first-order valence-corrected chi connectivity index (χ1v) is 8.98. The van der Waals surface area contributed by atoms with Crippen molar-refractivity contribution < 1.29 is 14.3 Å². The van der Waals surface area contributed by atoms with Crippen LogP contribution in [-0.4, -0.2) is 47.7 Å². The molecular weight excluding hydrogens is 324 g/mol. The second kappa shape index (κ2) is 7.32. The molecule has 0 bridgehead atoms. The Kier molecular flexibility index (Phi) is 5.16. The highest BCUT2D eigenvalue weighted by Crippen LogP contribution is 2.25. The van der Waals surface area contributed by atoms with Crippen molar-refractivity contribution in [2.75, 3.05) is 19.7 Å². The summed E-state index contributed by atoms with van der Waals surface area (Å²) in [5.41, 5.74) is 2.08. The molecule has 1 aliphatic rings. The molecule has 6 heteroatoms. The molecule has 128 valence electrons. The molecule has 0 spiro atoms. The molecule has 0 radical (unpaired) electrons. The van der Waals surface area contributed by atoms with Crippen molar-refractivity contribution in [1.82, 2.24) is 9.88 Å². The van der Waals surface area contributed by atoms with Crippen molar-refractivity contribution in [2.45, 2.75) is 33.0 Å². The molecule has 1 amide bonds. The maximum Gasteiger partial charge on any atom is 0.260 e. The number of hydrogen-bond donors (Lipinski definition) is 0. The lowest BCUT2D eigenvalue weighted by Crippen LogP contribution is -2.49. The first kappa shape index (κ1) is 16.9. The number of carbonyl (C=O) groups is 1. The highest BCUT2D eigenvalue weighted by Gasteiger charge is 2.25. The Morgan fingerprint density at radius 2 is 1.96 bits per heavy atom. The lowest BCUT2D eigenvalue weighted by molar-refractivity contribution is -0.145. The van der Waals surface area contributed by atoms with E-state index in [4.69, 9.17) is 9.47 Å². The number of hydrogen-bond acceptors (Lipinski definition) is 5. The van der Waals surface area contributed by atoms with E-state index in [0.29, 0.717) is 18.8 Å². The van der Waals surface area contributed by atoms with Gasteiger partial charge in [0.05, 0.1) is 12.2 Å². The van der Waals surface area contributed by atoms with Gasteiger partial charge in [-0.3, -0.25) is 4.79 Å². The summed E-state index contributed by atoms with van der Waals surface area (Å²) in [6, 6.07) is 7.70. The van der Waals surface area contributed by atoms with Crippen molar-refractivity contribution in [3.63, 3.8) is 0 Å². The lowest BCUT2D eigenvalue weighted by Gasteiger charge is -2.35. The van der Waals surface area contributed by atoms with E-state index in [0.717, 1.165) is 16.3 Å². The first-order valence-electron chi connectivity index (χ1n) is 8.10. The van der Waals surface area contributed by atoms with Crippen molar-refractivity contribution in [2.24, 2.45) is 0 Å². The lowest BCUT2D eigenvalue weighted by atomic mass is 10.2. The van der Waals surface area contributed by atoms with E-state index >= 15 is 0 Å². The summed E-state index contributed by atoms with van der Waals surface area (Å²) >= 11 is 1.62. The molecule has 24 heavy (non-hydrogen) atoms. The number of morpholine rings is 1. The van der Waals surface area contributed by atoms with Crippen molar-refractivity contribution in [1.29, 1.82) is 0 Å². The molecule has 2 aromatic rings. The van der Waals surface area contributed by atoms with E-state index in [-0.39, 0.29) is 24.7 Å². The molecule has 2 atom stereocenters. The van der Waals surface area contributed by atoms with Crippen molar-refractivity contribution in [3.05, 3.63) is 35.3 Å². The van der Waals surface area contributed by atoms with Gasteiger partial charge in [0.25, 0.3) is 5.91 Å². The smallest absolute Gasteiger partial charge is 0.260 e. The Balaban J connectivity index is 1.55. The van der Waals surface area contributed by atoms with Crippen LogP contribution in [0, 0.1) is 6.92 Å². The van der Waals surface area contributed by atoms with Crippen LogP contribution in [0.3, 0.4) is 0 Å². The number of aryl methyl sites for hydroxylation is 1. The number of nitrogens with zero attached hydrogens (tertiary/aromatic N) is 2. The number of thiazole rings is 1. The fourth-order valence-electron chi connectivity index (χ4n) is 2.80. The summed E-state index contributed by atoms with van der Waals surface area (Å²) in [4.78, 5) is 18.6. The van der Waals surface area contributed by atoms with Crippen molar-refractivity contribution >= 4 is 17.2 Å². The van der Waals surface area contributed by atoms with Crippen LogP contribution >= 0.6 is 11.3 Å². The Morgan fingerprint density at radius 1 is 1.29 bits per heavy atom. The van der Waals surface area contributed by atoms with Crippen LogP contribution in [0.1, 0.15) is 19.5 Å². The van der Waals surface area contributed by atoms with Crippen LogP contribution in [0.5, 0.6) is 5.75 Å². The normalized spacial score (nSPS) is 20.9. The van der Waals surface area contributed by atoms with Gasteiger partial charge in [0.1, 0.15) is 10.8 Å². The van der Waals surface area contributed by atoms with Crippen LogP contribution < -0.4 is 4.74 Å². The maximum atomic E-state index is 12.3. The zero-order valence-electron chi connectivity index (χ0n) is 14.2. The third kappa shape index (κ3) is 4.13. The first-order chi connectivity index (χ1) is 11.5. The average Bonchev–Trinajstić information content (AvgIpc) is 2.98. The van der Waals surface area contributed by atoms with E-state index in [9.17, 15) is 4.79 Å². The number of rotatable bonds is 4. The third-order valence-corrected chi connectivity index (χ3v) is 4.86. The summed E-state index contributed by atoms with van der Waals surface area (Å²) in [6.45, 7) is 7.24. The molecule has 5 nitrogen and oxygen atoms in total. The van der Waals surface area contributed by atoms with Crippen LogP contribution in [0.4, 0.5) is 0 Å². The average molecular weight is 346 g/mol. The second-order valence-electron chi connectivity index (χ2n) is 6.16. The number of amides is 1. The minimum Gasteiger partial charge on any atom is -0.484 e. The molecule has 0 aliphatic carbocycles. The molecule has 0 saturated carbocycles. The summed E-state index contributed by atoms with van der Waals surface area (Å²) in [5.74, 6) is 0.686. The van der Waals surface area contributed by atoms with E-state index in [2.05, 4.69) is 4.98 Å². The van der Waals surface area contributed by atoms with Gasteiger partial charge in [0.15, 0.2) is 6.61 Å². The minimum atomic E-state index is -0.00313. The van der Waals surface area contributed by atoms with Gasteiger partial charge >= 0.3 is 0 Å². The van der Waals surface area contributed by atoms with Gasteiger partial charge in [0.2, 0.25) is 0 Å². The van der Waals surface area contributed by atoms with Gasteiger partial charge in [-0.2, -0.15) is 0 Å². The molecule has 3 rings (SSSR count). The molecule has 0 unspecified atom stereocenters. The zero-order chi connectivity index (χ0) is 17.1. The second-order valence-corrected chi connectivity index (χ2v) is 7.02. The van der Waals surface area contributed by atoms with Crippen LogP contribution in [0.25, 0.3) is 10.6 Å². The summed E-state index contributed by atoms with van der Waals surface area (Å²) in [7, 11) is 0. The topological polar surface area (TPSA) is 51.7 Å². The molecular formula is C18H22N2O3S. The van der Waals surface area contributed by atoms with Crippen molar-refractivity contribution in [3.8, 4) is 16.3 Å². The fourth-order valence-corrected chi connectivity index (χ4v) is 3.60. The van der Waals surface area contributed by atoms with Gasteiger partial charge < -0.3 is 14.4 Å². The Labute approximate surface area is 146 Å². The van der Waals surface area contributed by atoms with Gasteiger partial charge in [-0.1, -0.05) is 0 Å². The molecule has 2 heterocycles. The highest BCUT2D eigenvalue weighted by atomic mass is 32.1. The molecule has 1 aliphatic heterocycles. The van der Waals surface area contributed by atoms with E-state index in [1.807, 2.05) is 55.3 Å². The third-order valence-electron chi connectivity index (χ3n) is 3.85. The van der Waals surface area contributed by atoms with Gasteiger partial charge in [-0.15, -0.1) is 11.3 Å². The Hall–Kier alpha value is -1.92. The molecule has 1 fully saturated rings. The largest absolute Gasteiger partial charge is 0.484 e. The van der Waals surface area contributed by atoms with Crippen LogP contribution in [0.15, 0.2) is 29.6 Å². The summed E-state index contributed by atoms with van der Waals surface area (Å²) in [6.07, 6.45) is 0.137. The minimum absolute atomic E-state index is 0.00313. The van der Waals surface area contributed by atoms with Gasteiger partial charge in [-0.25, -0.2) is 4.98 Å². The van der Waals surface area contributed by atoms with E-state index in [1.54, 1.807) is 11.3 Å². The van der Waals surface area contributed by atoms with Crippen LogP contribution in [0.2, 0.25) is 0 Å². The Bertz CT molecular complexity index is 689. The van der Waals surface area contributed by atoms with E-state index in [1.165, 1.54) is 0 Å². The molecule has 0 N–H and O–H groups in total. The standard InChI is InChI=1S/C18H22N2O3S/c1-12-11-24-18(19-12)15-4-6-16(7-5-15)22-10-17(21)20-8-13(2)23-14(3)9-20/h4-7,11,13-14H,8-10H2,1-3H3/t13-,14-/m0/s1. The predicted octanol–water partition coefficient (Wildman–Crippen LogP) is 3.13. The zero-order valence-corrected chi connectivity index (χ0v) is 15.0. The molecule has 1 saturated heterocycles.